The molecule has 0 unspecified atom stereocenters. The van der Waals surface area contributed by atoms with E-state index in [-0.39, 0.29) is 11.7 Å². The van der Waals surface area contributed by atoms with Crippen molar-refractivity contribution in [1.29, 1.82) is 0 Å². The van der Waals surface area contributed by atoms with E-state index in [1.165, 1.54) is 11.6 Å². The lowest BCUT2D eigenvalue weighted by Gasteiger charge is -2.15. The Labute approximate surface area is 134 Å². The molecule has 0 aliphatic carbocycles. The summed E-state index contributed by atoms with van der Waals surface area (Å²) in [5, 5.41) is 2.72. The summed E-state index contributed by atoms with van der Waals surface area (Å²) in [6.45, 7) is 5.72. The van der Waals surface area contributed by atoms with Gasteiger partial charge in [0.05, 0.1) is 0 Å². The van der Waals surface area contributed by atoms with Gasteiger partial charge in [0, 0.05) is 11.8 Å². The van der Waals surface area contributed by atoms with Crippen LogP contribution >= 0.6 is 0 Å². The van der Waals surface area contributed by atoms with Crippen LogP contribution in [0.25, 0.3) is 0 Å². The highest BCUT2D eigenvalue weighted by molar-refractivity contribution is 5.94. The van der Waals surface area contributed by atoms with Crippen LogP contribution in [0.2, 0.25) is 0 Å². The molecule has 2 rings (SSSR count). The zero-order valence-corrected chi connectivity index (χ0v) is 13.3. The molecule has 3 nitrogen and oxygen atoms in total. The highest BCUT2D eigenvalue weighted by Crippen LogP contribution is 2.19. The van der Waals surface area contributed by atoms with Gasteiger partial charge in [-0.25, -0.2) is 8.78 Å². The van der Waals surface area contributed by atoms with E-state index in [4.69, 9.17) is 4.74 Å². The Kier molecular flexibility index (Phi) is 5.32. The van der Waals surface area contributed by atoms with Crippen LogP contribution in [0.15, 0.2) is 42.5 Å². The van der Waals surface area contributed by atoms with Gasteiger partial charge in [-0.1, -0.05) is 26.0 Å². The maximum atomic E-state index is 13.1. The number of rotatable bonds is 5. The molecular formula is C18H19F2NO2. The number of anilines is 1. The van der Waals surface area contributed by atoms with Gasteiger partial charge in [-0.05, 0) is 42.7 Å². The topological polar surface area (TPSA) is 38.3 Å². The van der Waals surface area contributed by atoms with Gasteiger partial charge in [0.2, 0.25) is 0 Å². The van der Waals surface area contributed by atoms with Crippen molar-refractivity contribution in [2.24, 2.45) is 0 Å². The lowest BCUT2D eigenvalue weighted by atomic mass is 10.0. The molecule has 122 valence electrons. The SMILES string of the molecule is CC(C)c1ccc(NC(=O)[C@H](C)Oc2ccc(F)c(F)c2)cc1. The number of carbonyl (C=O) groups excluding carboxylic acids is 1. The lowest BCUT2D eigenvalue weighted by molar-refractivity contribution is -0.122. The fraction of sp³-hybridized carbons (Fsp3) is 0.278. The van der Waals surface area contributed by atoms with Crippen LogP contribution in [-0.4, -0.2) is 12.0 Å². The molecule has 0 radical (unpaired) electrons. The van der Waals surface area contributed by atoms with Gasteiger partial charge in [-0.2, -0.15) is 0 Å². The normalized spacial score (nSPS) is 12.1. The smallest absolute Gasteiger partial charge is 0.265 e. The van der Waals surface area contributed by atoms with Crippen LogP contribution < -0.4 is 10.1 Å². The number of ether oxygens (including phenoxy) is 1. The van der Waals surface area contributed by atoms with E-state index >= 15 is 0 Å². The average molecular weight is 319 g/mol. The van der Waals surface area contributed by atoms with E-state index in [9.17, 15) is 13.6 Å². The predicted octanol–water partition coefficient (Wildman–Crippen LogP) is 4.49. The van der Waals surface area contributed by atoms with E-state index < -0.39 is 17.7 Å². The number of nitrogens with one attached hydrogen (secondary N) is 1. The van der Waals surface area contributed by atoms with Gasteiger partial charge < -0.3 is 10.1 Å². The van der Waals surface area contributed by atoms with Crippen LogP contribution in [0.5, 0.6) is 5.75 Å². The molecule has 0 aliphatic rings. The van der Waals surface area contributed by atoms with Gasteiger partial charge in [0.25, 0.3) is 5.91 Å². The summed E-state index contributed by atoms with van der Waals surface area (Å²) >= 11 is 0. The molecule has 0 saturated heterocycles. The van der Waals surface area contributed by atoms with Crippen molar-refractivity contribution in [1.82, 2.24) is 0 Å². The Bertz CT molecular complexity index is 684. The van der Waals surface area contributed by atoms with Crippen molar-refractivity contribution in [2.75, 3.05) is 5.32 Å². The number of halogens is 2. The zero-order chi connectivity index (χ0) is 17.0. The maximum Gasteiger partial charge on any atom is 0.265 e. The van der Waals surface area contributed by atoms with Crippen molar-refractivity contribution in [3.8, 4) is 5.75 Å². The summed E-state index contributed by atoms with van der Waals surface area (Å²) in [5.74, 6) is -1.83. The van der Waals surface area contributed by atoms with Crippen molar-refractivity contribution in [3.05, 3.63) is 59.7 Å². The second kappa shape index (κ2) is 7.22. The number of carbonyl (C=O) groups is 1. The quantitative estimate of drug-likeness (QED) is 0.881. The van der Waals surface area contributed by atoms with Gasteiger partial charge in [0.15, 0.2) is 17.7 Å². The molecule has 0 fully saturated rings. The Morgan fingerprint density at radius 2 is 1.65 bits per heavy atom. The third-order valence-electron chi connectivity index (χ3n) is 3.42. The molecule has 0 heterocycles. The molecule has 0 aromatic heterocycles. The first-order chi connectivity index (χ1) is 10.9. The molecule has 5 heteroatoms. The molecule has 2 aromatic rings. The Morgan fingerprint density at radius 1 is 1.00 bits per heavy atom. The molecule has 1 atom stereocenters. The van der Waals surface area contributed by atoms with E-state index in [2.05, 4.69) is 19.2 Å². The van der Waals surface area contributed by atoms with Crippen LogP contribution in [0.4, 0.5) is 14.5 Å². The highest BCUT2D eigenvalue weighted by atomic mass is 19.2. The average Bonchev–Trinajstić information content (AvgIpc) is 2.51. The van der Waals surface area contributed by atoms with E-state index in [0.29, 0.717) is 11.6 Å². The first-order valence-corrected chi connectivity index (χ1v) is 7.39. The number of hydrogen-bond acceptors (Lipinski definition) is 2. The van der Waals surface area contributed by atoms with Crippen LogP contribution in [0.1, 0.15) is 32.3 Å². The Balaban J connectivity index is 1.97. The lowest BCUT2D eigenvalue weighted by Crippen LogP contribution is -2.30. The van der Waals surface area contributed by atoms with Gasteiger partial charge >= 0.3 is 0 Å². The standard InChI is InChI=1S/C18H19F2NO2/c1-11(2)13-4-6-14(7-5-13)21-18(22)12(3)23-15-8-9-16(19)17(20)10-15/h4-12H,1-3H3,(H,21,22)/t12-/m0/s1. The first-order valence-electron chi connectivity index (χ1n) is 7.39. The van der Waals surface area contributed by atoms with Crippen LogP contribution in [-0.2, 0) is 4.79 Å². The van der Waals surface area contributed by atoms with E-state index in [0.717, 1.165) is 12.1 Å². The molecule has 23 heavy (non-hydrogen) atoms. The molecule has 2 aromatic carbocycles. The van der Waals surface area contributed by atoms with Gasteiger partial charge in [-0.15, -0.1) is 0 Å². The predicted molar refractivity (Wildman–Crippen MR) is 85.6 cm³/mol. The fourth-order valence-electron chi connectivity index (χ4n) is 2.00. The zero-order valence-electron chi connectivity index (χ0n) is 13.3. The summed E-state index contributed by atoms with van der Waals surface area (Å²) in [6, 6.07) is 10.7. The molecule has 1 N–H and O–H groups in total. The molecular weight excluding hydrogens is 300 g/mol. The molecule has 0 bridgehead atoms. The summed E-state index contributed by atoms with van der Waals surface area (Å²) < 4.78 is 31.3. The number of amides is 1. The summed E-state index contributed by atoms with van der Waals surface area (Å²) in [7, 11) is 0. The third kappa shape index (κ3) is 4.52. The second-order valence-corrected chi connectivity index (χ2v) is 5.60. The molecule has 0 aliphatic heterocycles. The van der Waals surface area contributed by atoms with E-state index in [1.807, 2.05) is 24.3 Å². The van der Waals surface area contributed by atoms with Crippen molar-refractivity contribution in [3.63, 3.8) is 0 Å². The molecule has 0 spiro atoms. The Hall–Kier alpha value is -2.43. The number of hydrogen-bond donors (Lipinski definition) is 1. The number of benzene rings is 2. The summed E-state index contributed by atoms with van der Waals surface area (Å²) in [6.07, 6.45) is -0.843. The monoisotopic (exact) mass is 319 g/mol. The van der Waals surface area contributed by atoms with Crippen molar-refractivity contribution < 1.29 is 18.3 Å². The molecule has 0 saturated carbocycles. The van der Waals surface area contributed by atoms with Crippen molar-refractivity contribution in [2.45, 2.75) is 32.8 Å². The second-order valence-electron chi connectivity index (χ2n) is 5.60. The fourth-order valence-corrected chi connectivity index (χ4v) is 2.00. The minimum atomic E-state index is -1.01. The summed E-state index contributed by atoms with van der Waals surface area (Å²) in [5.41, 5.74) is 1.83. The Morgan fingerprint density at radius 3 is 2.22 bits per heavy atom. The van der Waals surface area contributed by atoms with Crippen LogP contribution in [0, 0.1) is 11.6 Å². The molecule has 1 amide bonds. The largest absolute Gasteiger partial charge is 0.481 e. The van der Waals surface area contributed by atoms with Gasteiger partial charge in [0.1, 0.15) is 5.75 Å². The van der Waals surface area contributed by atoms with Crippen molar-refractivity contribution >= 4 is 11.6 Å². The minimum Gasteiger partial charge on any atom is -0.481 e. The van der Waals surface area contributed by atoms with Gasteiger partial charge in [-0.3, -0.25) is 4.79 Å². The highest BCUT2D eigenvalue weighted by Gasteiger charge is 2.16. The first kappa shape index (κ1) is 16.9. The van der Waals surface area contributed by atoms with Crippen LogP contribution in [0.3, 0.4) is 0 Å². The van der Waals surface area contributed by atoms with E-state index in [1.54, 1.807) is 6.92 Å². The summed E-state index contributed by atoms with van der Waals surface area (Å²) in [4.78, 5) is 12.1. The maximum absolute atomic E-state index is 13.1. The third-order valence-corrected chi connectivity index (χ3v) is 3.42. The minimum absolute atomic E-state index is 0.0988.